The van der Waals surface area contributed by atoms with Gasteiger partial charge in [0.05, 0.1) is 11.9 Å². The molecule has 3 aromatic rings. The second kappa shape index (κ2) is 3.62. The van der Waals surface area contributed by atoms with Gasteiger partial charge in [-0.3, -0.25) is 0 Å². The fraction of sp³-hybridized carbons (Fsp3) is 0. The number of nitrogens with zero attached hydrogens (tertiary/aromatic N) is 3. The van der Waals surface area contributed by atoms with E-state index in [9.17, 15) is 8.78 Å². The molecule has 0 amide bonds. The van der Waals surface area contributed by atoms with E-state index < -0.39 is 11.6 Å². The predicted molar refractivity (Wildman–Crippen MR) is 58.8 cm³/mol. The summed E-state index contributed by atoms with van der Waals surface area (Å²) < 4.78 is 27.4. The quantitative estimate of drug-likeness (QED) is 0.644. The summed E-state index contributed by atoms with van der Waals surface area (Å²) >= 11 is 0. The molecule has 5 heteroatoms. The van der Waals surface area contributed by atoms with E-state index in [0.29, 0.717) is 11.3 Å². The van der Waals surface area contributed by atoms with Gasteiger partial charge in [-0.05, 0) is 24.3 Å². The Hall–Kier alpha value is -2.30. The molecule has 2 aromatic heterocycles. The van der Waals surface area contributed by atoms with E-state index in [0.717, 1.165) is 17.5 Å². The first-order valence-electron chi connectivity index (χ1n) is 5.00. The van der Waals surface area contributed by atoms with Gasteiger partial charge < -0.3 is 0 Å². The van der Waals surface area contributed by atoms with Gasteiger partial charge in [0, 0.05) is 17.6 Å². The average molecular weight is 231 g/mol. The van der Waals surface area contributed by atoms with Crippen molar-refractivity contribution in [3.63, 3.8) is 0 Å². The molecule has 0 saturated carbocycles. The third-order valence-electron chi connectivity index (χ3n) is 2.48. The molecule has 0 bridgehead atoms. The molecule has 0 atom stereocenters. The molecule has 3 nitrogen and oxygen atoms in total. The summed E-state index contributed by atoms with van der Waals surface area (Å²) in [6, 6.07) is 7.27. The lowest BCUT2D eigenvalue weighted by atomic mass is 10.3. The van der Waals surface area contributed by atoms with Gasteiger partial charge in [0.1, 0.15) is 0 Å². The molecule has 0 saturated heterocycles. The maximum Gasteiger partial charge on any atom is 0.162 e. The standard InChI is InChI=1S/C12H7F2N3/c13-10-4-3-9(6-11(10)14)17-12-8(7-16-17)2-1-5-15-12/h1-7H. The second-order valence-corrected chi connectivity index (χ2v) is 3.57. The first kappa shape index (κ1) is 9.89. The first-order chi connectivity index (χ1) is 8.25. The van der Waals surface area contributed by atoms with E-state index in [4.69, 9.17) is 0 Å². The SMILES string of the molecule is Fc1ccc(-n2ncc3cccnc32)cc1F. The summed E-state index contributed by atoms with van der Waals surface area (Å²) in [5.74, 6) is -1.78. The Morgan fingerprint density at radius 1 is 1.06 bits per heavy atom. The Kier molecular flexibility index (Phi) is 2.11. The molecule has 2 heterocycles. The Bertz CT molecular complexity index is 691. The number of halogens is 2. The molecule has 0 aliphatic carbocycles. The molecule has 0 aliphatic heterocycles. The summed E-state index contributed by atoms with van der Waals surface area (Å²) in [5.41, 5.74) is 1.05. The van der Waals surface area contributed by atoms with Crippen molar-refractivity contribution >= 4 is 11.0 Å². The number of hydrogen-bond acceptors (Lipinski definition) is 2. The molecular formula is C12H7F2N3. The molecule has 0 fully saturated rings. The van der Waals surface area contributed by atoms with Crippen LogP contribution in [-0.4, -0.2) is 14.8 Å². The highest BCUT2D eigenvalue weighted by atomic mass is 19.2. The molecule has 0 radical (unpaired) electrons. The fourth-order valence-electron chi connectivity index (χ4n) is 1.67. The minimum Gasteiger partial charge on any atom is -0.237 e. The van der Waals surface area contributed by atoms with Gasteiger partial charge in [-0.1, -0.05) is 0 Å². The van der Waals surface area contributed by atoms with Crippen molar-refractivity contribution < 1.29 is 8.78 Å². The molecule has 17 heavy (non-hydrogen) atoms. The van der Waals surface area contributed by atoms with Crippen LogP contribution in [0.15, 0.2) is 42.7 Å². The summed E-state index contributed by atoms with van der Waals surface area (Å²) in [4.78, 5) is 4.15. The van der Waals surface area contributed by atoms with Crippen molar-refractivity contribution in [2.24, 2.45) is 0 Å². The number of aromatic nitrogens is 3. The third kappa shape index (κ3) is 1.56. The van der Waals surface area contributed by atoms with Crippen molar-refractivity contribution in [3.8, 4) is 5.69 Å². The van der Waals surface area contributed by atoms with Gasteiger partial charge >= 0.3 is 0 Å². The maximum absolute atomic E-state index is 13.1. The van der Waals surface area contributed by atoms with Gasteiger partial charge in [-0.25, -0.2) is 18.4 Å². The average Bonchev–Trinajstić information content (AvgIpc) is 2.76. The summed E-state index contributed by atoms with van der Waals surface area (Å²) in [7, 11) is 0. The molecule has 0 spiro atoms. The van der Waals surface area contributed by atoms with Crippen LogP contribution in [0.4, 0.5) is 8.78 Å². The highest BCUT2D eigenvalue weighted by Gasteiger charge is 2.08. The van der Waals surface area contributed by atoms with Crippen molar-refractivity contribution in [3.05, 3.63) is 54.4 Å². The normalized spacial score (nSPS) is 10.9. The highest BCUT2D eigenvalue weighted by Crippen LogP contribution is 2.17. The lowest BCUT2D eigenvalue weighted by Crippen LogP contribution is -1.98. The third-order valence-corrected chi connectivity index (χ3v) is 2.48. The zero-order valence-corrected chi connectivity index (χ0v) is 8.64. The monoisotopic (exact) mass is 231 g/mol. The number of rotatable bonds is 1. The zero-order valence-electron chi connectivity index (χ0n) is 8.64. The van der Waals surface area contributed by atoms with Gasteiger partial charge in [0.2, 0.25) is 0 Å². The minimum atomic E-state index is -0.901. The Balaban J connectivity index is 2.24. The zero-order chi connectivity index (χ0) is 11.8. The van der Waals surface area contributed by atoms with E-state index in [1.807, 2.05) is 6.07 Å². The van der Waals surface area contributed by atoms with Gasteiger partial charge in [0.25, 0.3) is 0 Å². The van der Waals surface area contributed by atoms with Crippen LogP contribution in [0.1, 0.15) is 0 Å². The number of fused-ring (bicyclic) bond motifs is 1. The van der Waals surface area contributed by atoms with Crippen LogP contribution in [-0.2, 0) is 0 Å². The van der Waals surface area contributed by atoms with Gasteiger partial charge in [0.15, 0.2) is 17.3 Å². The topological polar surface area (TPSA) is 30.7 Å². The minimum absolute atomic E-state index is 0.442. The van der Waals surface area contributed by atoms with E-state index in [1.54, 1.807) is 18.5 Å². The molecular weight excluding hydrogens is 224 g/mol. The Labute approximate surface area is 95.3 Å². The Morgan fingerprint density at radius 3 is 2.76 bits per heavy atom. The highest BCUT2D eigenvalue weighted by molar-refractivity contribution is 5.75. The number of pyridine rings is 1. The van der Waals surface area contributed by atoms with E-state index in [2.05, 4.69) is 10.1 Å². The van der Waals surface area contributed by atoms with Crippen LogP contribution in [0.25, 0.3) is 16.7 Å². The lowest BCUT2D eigenvalue weighted by Gasteiger charge is -2.02. The van der Waals surface area contributed by atoms with E-state index >= 15 is 0 Å². The predicted octanol–water partition coefficient (Wildman–Crippen LogP) is 2.70. The molecule has 0 aliphatic rings. The first-order valence-corrected chi connectivity index (χ1v) is 5.00. The Morgan fingerprint density at radius 2 is 1.94 bits per heavy atom. The molecule has 0 N–H and O–H groups in total. The van der Waals surface area contributed by atoms with Gasteiger partial charge in [-0.2, -0.15) is 5.10 Å². The summed E-state index contributed by atoms with van der Waals surface area (Å²) in [6.07, 6.45) is 3.25. The van der Waals surface area contributed by atoms with E-state index in [-0.39, 0.29) is 0 Å². The second-order valence-electron chi connectivity index (χ2n) is 3.57. The van der Waals surface area contributed by atoms with Crippen LogP contribution in [0.3, 0.4) is 0 Å². The summed E-state index contributed by atoms with van der Waals surface area (Å²) in [5, 5.41) is 4.95. The lowest BCUT2D eigenvalue weighted by molar-refractivity contribution is 0.507. The van der Waals surface area contributed by atoms with Crippen LogP contribution in [0.5, 0.6) is 0 Å². The van der Waals surface area contributed by atoms with Crippen molar-refractivity contribution in [2.45, 2.75) is 0 Å². The van der Waals surface area contributed by atoms with Crippen LogP contribution in [0.2, 0.25) is 0 Å². The molecule has 84 valence electrons. The summed E-state index contributed by atoms with van der Waals surface area (Å²) in [6.45, 7) is 0. The van der Waals surface area contributed by atoms with Crippen molar-refractivity contribution in [1.29, 1.82) is 0 Å². The smallest absolute Gasteiger partial charge is 0.162 e. The fourth-order valence-corrected chi connectivity index (χ4v) is 1.67. The largest absolute Gasteiger partial charge is 0.237 e. The van der Waals surface area contributed by atoms with Crippen LogP contribution < -0.4 is 0 Å². The van der Waals surface area contributed by atoms with Crippen LogP contribution >= 0.6 is 0 Å². The number of hydrogen-bond donors (Lipinski definition) is 0. The van der Waals surface area contributed by atoms with E-state index in [1.165, 1.54) is 10.7 Å². The van der Waals surface area contributed by atoms with Crippen molar-refractivity contribution in [1.82, 2.24) is 14.8 Å². The molecule has 0 unspecified atom stereocenters. The maximum atomic E-state index is 13.1. The molecule has 1 aromatic carbocycles. The van der Waals surface area contributed by atoms with Crippen molar-refractivity contribution in [2.75, 3.05) is 0 Å². The molecule has 3 rings (SSSR count). The number of benzene rings is 1. The van der Waals surface area contributed by atoms with Gasteiger partial charge in [-0.15, -0.1) is 0 Å². The van der Waals surface area contributed by atoms with Crippen LogP contribution in [0, 0.1) is 11.6 Å².